The molecule has 23 heavy (non-hydrogen) atoms. The van der Waals surface area contributed by atoms with Crippen LogP contribution in [0, 0.1) is 13.8 Å². The summed E-state index contributed by atoms with van der Waals surface area (Å²) in [6, 6.07) is 0.0787. The minimum absolute atomic E-state index is 0.0394. The summed E-state index contributed by atoms with van der Waals surface area (Å²) in [7, 11) is 0. The Bertz CT molecular complexity index is 565. The normalized spacial score (nSPS) is 12.6. The van der Waals surface area contributed by atoms with Crippen LogP contribution in [0.15, 0.2) is 0 Å². The zero-order chi connectivity index (χ0) is 17.9. The van der Waals surface area contributed by atoms with Gasteiger partial charge in [-0.2, -0.15) is 0 Å². The van der Waals surface area contributed by atoms with Gasteiger partial charge in [-0.3, -0.25) is 4.79 Å². The van der Waals surface area contributed by atoms with Gasteiger partial charge in [0.1, 0.15) is 5.69 Å². The highest BCUT2D eigenvalue weighted by molar-refractivity contribution is 5.91. The number of aromatic nitrogens is 1. The van der Waals surface area contributed by atoms with Crippen LogP contribution in [0.1, 0.15) is 68.0 Å². The Labute approximate surface area is 137 Å². The van der Waals surface area contributed by atoms with E-state index in [1.54, 1.807) is 25.7 Å². The van der Waals surface area contributed by atoms with E-state index in [1.807, 2.05) is 27.7 Å². The number of aliphatic hydroxyl groups is 1. The molecule has 130 valence electrons. The van der Waals surface area contributed by atoms with Crippen molar-refractivity contribution in [3.63, 3.8) is 0 Å². The summed E-state index contributed by atoms with van der Waals surface area (Å²) in [4.78, 5) is 29.1. The summed E-state index contributed by atoms with van der Waals surface area (Å²) in [5.41, 5.74) is 2.35. The van der Waals surface area contributed by atoms with Gasteiger partial charge in [-0.1, -0.05) is 0 Å². The van der Waals surface area contributed by atoms with Crippen molar-refractivity contribution in [2.24, 2.45) is 0 Å². The lowest BCUT2D eigenvalue weighted by Gasteiger charge is -2.30. The molecule has 0 unspecified atom stereocenters. The van der Waals surface area contributed by atoms with Crippen LogP contribution in [0.2, 0.25) is 0 Å². The molecule has 6 nitrogen and oxygen atoms in total. The van der Waals surface area contributed by atoms with Crippen molar-refractivity contribution in [3.8, 4) is 0 Å². The number of nitrogens with zero attached hydrogens (tertiary/aromatic N) is 1. The van der Waals surface area contributed by atoms with Gasteiger partial charge in [0.2, 0.25) is 0 Å². The molecule has 0 bridgehead atoms. The number of amides is 1. The monoisotopic (exact) mass is 324 g/mol. The summed E-state index contributed by atoms with van der Waals surface area (Å²) in [6.07, 6.45) is -0.674. The summed E-state index contributed by atoms with van der Waals surface area (Å²) < 4.78 is 5.16. The van der Waals surface area contributed by atoms with Gasteiger partial charge in [0.05, 0.1) is 6.10 Å². The summed E-state index contributed by atoms with van der Waals surface area (Å²) in [5, 5.41) is 9.76. The molecule has 1 rings (SSSR count). The molecule has 0 aromatic carbocycles. The molecule has 0 aliphatic rings. The number of aryl methyl sites for hydroxylation is 1. The number of rotatable bonds is 6. The van der Waals surface area contributed by atoms with E-state index in [4.69, 9.17) is 4.74 Å². The van der Waals surface area contributed by atoms with Gasteiger partial charge in [-0.15, -0.1) is 0 Å². The third-order valence-corrected chi connectivity index (χ3v) is 3.84. The van der Waals surface area contributed by atoms with Crippen LogP contribution in [0.25, 0.3) is 0 Å². The van der Waals surface area contributed by atoms with E-state index in [2.05, 4.69) is 4.98 Å². The fourth-order valence-electron chi connectivity index (χ4n) is 3.04. The van der Waals surface area contributed by atoms with Gasteiger partial charge >= 0.3 is 5.97 Å². The van der Waals surface area contributed by atoms with Crippen LogP contribution in [0.3, 0.4) is 0 Å². The molecular weight excluding hydrogens is 296 g/mol. The lowest BCUT2D eigenvalue weighted by atomic mass is 10.1. The number of carbonyl (C=O) groups is 2. The highest BCUT2D eigenvalue weighted by Gasteiger charge is 2.24. The van der Waals surface area contributed by atoms with E-state index < -0.39 is 12.1 Å². The van der Waals surface area contributed by atoms with Gasteiger partial charge in [0, 0.05) is 23.3 Å². The largest absolute Gasteiger partial charge is 0.451 e. The minimum Gasteiger partial charge on any atom is -0.451 e. The average molecular weight is 324 g/mol. The van der Waals surface area contributed by atoms with Crippen LogP contribution < -0.4 is 0 Å². The Morgan fingerprint density at radius 2 is 1.65 bits per heavy atom. The Kier molecular flexibility index (Phi) is 6.38. The number of aliphatic hydroxyl groups excluding tert-OH is 1. The van der Waals surface area contributed by atoms with Crippen LogP contribution in [-0.4, -0.2) is 45.6 Å². The third-order valence-electron chi connectivity index (χ3n) is 3.84. The lowest BCUT2D eigenvalue weighted by molar-refractivity contribution is -0.138. The molecule has 6 heteroatoms. The van der Waals surface area contributed by atoms with E-state index in [1.165, 1.54) is 0 Å². The summed E-state index contributed by atoms with van der Waals surface area (Å²) >= 11 is 0. The number of H-pyrrole nitrogens is 1. The SMILES string of the molecule is Cc1[nH]c(C(=O)OCC(=O)N(C(C)C)C(C)C)c(C)c1[C@@H](C)O. The molecule has 0 aliphatic carbocycles. The molecule has 0 aliphatic heterocycles. The van der Waals surface area contributed by atoms with Crippen molar-refractivity contribution >= 4 is 11.9 Å². The molecule has 2 N–H and O–H groups in total. The molecule has 1 heterocycles. The molecule has 0 saturated carbocycles. The van der Waals surface area contributed by atoms with E-state index in [-0.39, 0.29) is 30.3 Å². The predicted octanol–water partition coefficient (Wildman–Crippen LogP) is 2.49. The van der Waals surface area contributed by atoms with Crippen LogP contribution in [-0.2, 0) is 9.53 Å². The second kappa shape index (κ2) is 7.64. The maximum Gasteiger partial charge on any atom is 0.355 e. The summed E-state index contributed by atoms with van der Waals surface area (Å²) in [5.74, 6) is -0.807. The number of carbonyl (C=O) groups excluding carboxylic acids is 2. The first-order valence-electron chi connectivity index (χ1n) is 7.93. The third kappa shape index (κ3) is 4.34. The van der Waals surface area contributed by atoms with Gasteiger partial charge < -0.3 is 19.7 Å². The van der Waals surface area contributed by atoms with Crippen LogP contribution >= 0.6 is 0 Å². The number of hydrogen-bond acceptors (Lipinski definition) is 4. The predicted molar refractivity (Wildman–Crippen MR) is 88.3 cm³/mol. The van der Waals surface area contributed by atoms with Crippen molar-refractivity contribution in [1.29, 1.82) is 0 Å². The Hall–Kier alpha value is -1.82. The zero-order valence-corrected chi connectivity index (χ0v) is 15.1. The molecule has 1 amide bonds. The molecule has 0 spiro atoms. The number of ether oxygens (including phenoxy) is 1. The molecular formula is C17H28N2O4. The van der Waals surface area contributed by atoms with Crippen molar-refractivity contribution < 1.29 is 19.4 Å². The zero-order valence-electron chi connectivity index (χ0n) is 15.1. The second-order valence-corrected chi connectivity index (χ2v) is 6.40. The molecule has 1 aromatic rings. The molecule has 1 aromatic heterocycles. The first-order valence-corrected chi connectivity index (χ1v) is 7.93. The smallest absolute Gasteiger partial charge is 0.355 e. The topological polar surface area (TPSA) is 82.6 Å². The first-order chi connectivity index (χ1) is 10.6. The number of hydrogen-bond donors (Lipinski definition) is 2. The van der Waals surface area contributed by atoms with Gasteiger partial charge in [0.15, 0.2) is 6.61 Å². The van der Waals surface area contributed by atoms with E-state index >= 15 is 0 Å². The van der Waals surface area contributed by atoms with Crippen molar-refractivity contribution in [2.75, 3.05) is 6.61 Å². The lowest BCUT2D eigenvalue weighted by Crippen LogP contribution is -2.44. The van der Waals surface area contributed by atoms with Crippen molar-refractivity contribution in [1.82, 2.24) is 9.88 Å². The number of nitrogens with one attached hydrogen (secondary N) is 1. The second-order valence-electron chi connectivity index (χ2n) is 6.40. The minimum atomic E-state index is -0.674. The van der Waals surface area contributed by atoms with Gasteiger partial charge in [-0.25, -0.2) is 4.79 Å². The Balaban J connectivity index is 2.82. The fourth-order valence-corrected chi connectivity index (χ4v) is 3.04. The molecule has 1 atom stereocenters. The van der Waals surface area contributed by atoms with Crippen molar-refractivity contribution in [2.45, 2.75) is 66.7 Å². The van der Waals surface area contributed by atoms with E-state index in [0.717, 1.165) is 5.69 Å². The standard InChI is InChI=1S/C17H28N2O4/c1-9(2)19(10(3)4)14(21)8-23-17(22)16-11(5)15(13(7)20)12(6)18-16/h9-10,13,18,20H,8H2,1-7H3/t13-/m1/s1. The average Bonchev–Trinajstić information content (AvgIpc) is 2.70. The quantitative estimate of drug-likeness (QED) is 0.788. The Morgan fingerprint density at radius 3 is 2.04 bits per heavy atom. The van der Waals surface area contributed by atoms with Crippen LogP contribution in [0.4, 0.5) is 0 Å². The maximum atomic E-state index is 12.2. The number of esters is 1. The Morgan fingerprint density at radius 1 is 1.13 bits per heavy atom. The van der Waals surface area contributed by atoms with Crippen LogP contribution in [0.5, 0.6) is 0 Å². The van der Waals surface area contributed by atoms with Gasteiger partial charge in [-0.05, 0) is 54.0 Å². The number of aromatic amines is 1. The first kappa shape index (κ1) is 19.2. The highest BCUT2D eigenvalue weighted by atomic mass is 16.5. The molecule has 0 radical (unpaired) electrons. The molecule has 0 fully saturated rings. The molecule has 0 saturated heterocycles. The fraction of sp³-hybridized carbons (Fsp3) is 0.647. The highest BCUT2D eigenvalue weighted by Crippen LogP contribution is 2.24. The van der Waals surface area contributed by atoms with Crippen molar-refractivity contribution in [3.05, 3.63) is 22.5 Å². The van der Waals surface area contributed by atoms with Gasteiger partial charge in [0.25, 0.3) is 5.91 Å². The van der Waals surface area contributed by atoms with E-state index in [0.29, 0.717) is 11.1 Å². The van der Waals surface area contributed by atoms with E-state index in [9.17, 15) is 14.7 Å². The summed E-state index contributed by atoms with van der Waals surface area (Å²) in [6.45, 7) is 12.6. The maximum absolute atomic E-state index is 12.2.